The van der Waals surface area contributed by atoms with E-state index in [-0.39, 0.29) is 36.4 Å². The average molecular weight is 607 g/mol. The first kappa shape index (κ1) is 31.0. The van der Waals surface area contributed by atoms with Crippen LogP contribution in [0.15, 0.2) is 100.0 Å². The number of ether oxygens (including phenoxy) is 1. The molecule has 0 aromatic heterocycles. The van der Waals surface area contributed by atoms with Crippen LogP contribution in [-0.2, 0) is 14.3 Å². The third-order valence-electron chi connectivity index (χ3n) is 9.76. The van der Waals surface area contributed by atoms with Gasteiger partial charge in [-0.3, -0.25) is 14.6 Å². The molecule has 5 heterocycles. The highest BCUT2D eigenvalue weighted by atomic mass is 16.5. The molecule has 6 aliphatic rings. The summed E-state index contributed by atoms with van der Waals surface area (Å²) in [5, 5.41) is 10.9. The molecule has 8 heteroatoms. The maximum absolute atomic E-state index is 13.7. The van der Waals surface area contributed by atoms with Gasteiger partial charge in [-0.05, 0) is 86.5 Å². The monoisotopic (exact) mass is 606 g/mol. The fourth-order valence-electron chi connectivity index (χ4n) is 7.37. The molecular formula is C37H42N4O4. The summed E-state index contributed by atoms with van der Waals surface area (Å²) in [6, 6.07) is 0. The van der Waals surface area contributed by atoms with Crippen molar-refractivity contribution in [3.63, 3.8) is 0 Å². The van der Waals surface area contributed by atoms with Crippen molar-refractivity contribution < 1.29 is 19.4 Å². The lowest BCUT2D eigenvalue weighted by Crippen LogP contribution is -2.17. The fraction of sp³-hybridized carbons (Fsp3) is 0.459. The van der Waals surface area contributed by atoms with E-state index >= 15 is 0 Å². The molecule has 1 saturated carbocycles. The highest BCUT2D eigenvalue weighted by Crippen LogP contribution is 2.46. The molecule has 1 N–H and O–H groups in total. The first-order valence-electron chi connectivity index (χ1n) is 16.1. The Morgan fingerprint density at radius 2 is 1.67 bits per heavy atom. The Balaban J connectivity index is 1.63. The summed E-state index contributed by atoms with van der Waals surface area (Å²) in [5.41, 5.74) is 12.7. The zero-order chi connectivity index (χ0) is 32.3. The van der Waals surface area contributed by atoms with Crippen LogP contribution in [0.4, 0.5) is 0 Å². The van der Waals surface area contributed by atoms with Crippen molar-refractivity contribution in [2.75, 3.05) is 7.11 Å². The van der Waals surface area contributed by atoms with Crippen molar-refractivity contribution in [3.8, 4) is 0 Å². The van der Waals surface area contributed by atoms with Gasteiger partial charge < -0.3 is 9.84 Å². The van der Waals surface area contributed by atoms with E-state index in [1.54, 1.807) is 6.92 Å². The number of Topliss-reactive ketones (excluding diaryl/α,β-unsaturated/α-hetero) is 1. The molecule has 6 rings (SSSR count). The van der Waals surface area contributed by atoms with Crippen molar-refractivity contribution >= 4 is 34.6 Å². The second kappa shape index (κ2) is 11.7. The minimum absolute atomic E-state index is 0.0307. The maximum atomic E-state index is 13.7. The van der Waals surface area contributed by atoms with Crippen LogP contribution in [0.25, 0.3) is 0 Å². The molecule has 0 radical (unpaired) electrons. The number of nitrogens with zero attached hydrogens (tertiary/aromatic N) is 4. The first-order valence-corrected chi connectivity index (χ1v) is 16.1. The van der Waals surface area contributed by atoms with E-state index < -0.39 is 6.10 Å². The summed E-state index contributed by atoms with van der Waals surface area (Å²) < 4.78 is 4.97. The Morgan fingerprint density at radius 3 is 2.33 bits per heavy atom. The summed E-state index contributed by atoms with van der Waals surface area (Å²) >= 11 is 0. The highest BCUT2D eigenvalue weighted by Gasteiger charge is 2.43. The van der Waals surface area contributed by atoms with Crippen LogP contribution in [0.3, 0.4) is 0 Å². The molecule has 234 valence electrons. The van der Waals surface area contributed by atoms with Crippen LogP contribution in [0.5, 0.6) is 0 Å². The van der Waals surface area contributed by atoms with Gasteiger partial charge in [0.2, 0.25) is 0 Å². The lowest BCUT2D eigenvalue weighted by Gasteiger charge is -2.18. The molecule has 1 aliphatic carbocycles. The zero-order valence-corrected chi connectivity index (χ0v) is 27.5. The van der Waals surface area contributed by atoms with E-state index in [4.69, 9.17) is 24.7 Å². The second-order valence-electron chi connectivity index (χ2n) is 13.2. The number of esters is 1. The number of allylic oxidation sites excluding steroid dienone is 10. The van der Waals surface area contributed by atoms with Crippen LogP contribution in [-0.4, -0.2) is 52.9 Å². The number of methoxy groups -OCH3 is 1. The third-order valence-corrected chi connectivity index (χ3v) is 9.76. The number of ketones is 1. The predicted molar refractivity (Wildman–Crippen MR) is 178 cm³/mol. The second-order valence-corrected chi connectivity index (χ2v) is 13.2. The quantitative estimate of drug-likeness (QED) is 0.326. The van der Waals surface area contributed by atoms with E-state index in [0.717, 1.165) is 74.1 Å². The standard InChI is InChI=1S/C37H42N4O4/c1-9-22-29-16-30-24(12-17(2)3)19(5)26(38-30)15-31-34(21(7)42)20(6)28(39-31)14-27-18(4)23(10-11-33(44)45-8)36(40-27)25-13-32(43)35(22)37(25)41-29/h14-18,21,23,42H,9-13H2,1-8H3/t18-,21-,23-/m0/s1. The highest BCUT2D eigenvalue weighted by molar-refractivity contribution is 6.38. The average Bonchev–Trinajstić information content (AvgIpc) is 3.74. The molecule has 0 spiro atoms. The van der Waals surface area contributed by atoms with Crippen LogP contribution in [0, 0.1) is 17.8 Å². The number of hydrogen-bond acceptors (Lipinski definition) is 8. The van der Waals surface area contributed by atoms with Crippen molar-refractivity contribution in [2.24, 2.45) is 37.7 Å². The number of hydrogen-bond donors (Lipinski definition) is 1. The van der Waals surface area contributed by atoms with Gasteiger partial charge in [-0.2, -0.15) is 0 Å². The minimum Gasteiger partial charge on any atom is -0.469 e. The third kappa shape index (κ3) is 5.23. The number of aliphatic hydroxyl groups excluding tert-OH is 1. The van der Waals surface area contributed by atoms with Crippen LogP contribution in [0.2, 0.25) is 0 Å². The van der Waals surface area contributed by atoms with Crippen LogP contribution in [0.1, 0.15) is 80.6 Å². The molecule has 3 atom stereocenters. The van der Waals surface area contributed by atoms with Crippen LogP contribution >= 0.6 is 0 Å². The summed E-state index contributed by atoms with van der Waals surface area (Å²) in [4.78, 5) is 46.4. The van der Waals surface area contributed by atoms with E-state index in [9.17, 15) is 14.7 Å². The number of carbonyl (C=O) groups excluding carboxylic acids is 2. The fourth-order valence-corrected chi connectivity index (χ4v) is 7.37. The molecule has 0 unspecified atom stereocenters. The van der Waals surface area contributed by atoms with Gasteiger partial charge in [0.05, 0.1) is 53.1 Å². The summed E-state index contributed by atoms with van der Waals surface area (Å²) in [6.45, 7) is 14.4. The van der Waals surface area contributed by atoms with Gasteiger partial charge in [0.25, 0.3) is 0 Å². The van der Waals surface area contributed by atoms with Crippen molar-refractivity contribution in [1.82, 2.24) is 0 Å². The largest absolute Gasteiger partial charge is 0.469 e. The minimum atomic E-state index is -0.723. The van der Waals surface area contributed by atoms with E-state index in [2.05, 4.69) is 34.6 Å². The molecule has 8 bridgehead atoms. The van der Waals surface area contributed by atoms with E-state index in [1.807, 2.05) is 25.2 Å². The molecule has 0 amide bonds. The van der Waals surface area contributed by atoms with Gasteiger partial charge in [0, 0.05) is 47.1 Å². The Bertz CT molecular complexity index is 1780. The number of rotatable bonds is 7. The maximum Gasteiger partial charge on any atom is 0.305 e. The van der Waals surface area contributed by atoms with Gasteiger partial charge >= 0.3 is 5.97 Å². The van der Waals surface area contributed by atoms with Gasteiger partial charge in [-0.15, -0.1) is 0 Å². The molecule has 0 saturated heterocycles. The first-order chi connectivity index (χ1) is 21.4. The molecule has 1 fully saturated rings. The van der Waals surface area contributed by atoms with E-state index in [1.165, 1.54) is 7.11 Å². The van der Waals surface area contributed by atoms with Crippen molar-refractivity contribution in [1.29, 1.82) is 0 Å². The summed E-state index contributed by atoms with van der Waals surface area (Å²) in [7, 11) is 1.40. The van der Waals surface area contributed by atoms with Crippen molar-refractivity contribution in [2.45, 2.75) is 86.7 Å². The molecule has 8 nitrogen and oxygen atoms in total. The Labute approximate surface area is 265 Å². The van der Waals surface area contributed by atoms with Gasteiger partial charge in [-0.25, -0.2) is 15.0 Å². The molecule has 0 aromatic rings. The Morgan fingerprint density at radius 1 is 0.978 bits per heavy atom. The van der Waals surface area contributed by atoms with Crippen molar-refractivity contribution in [3.05, 3.63) is 80.0 Å². The van der Waals surface area contributed by atoms with Gasteiger partial charge in [0.15, 0.2) is 5.78 Å². The topological polar surface area (TPSA) is 113 Å². The zero-order valence-electron chi connectivity index (χ0n) is 27.5. The molecular weight excluding hydrogens is 564 g/mol. The number of carbonyl (C=O) groups is 2. The Kier molecular flexibility index (Phi) is 8.06. The molecule has 45 heavy (non-hydrogen) atoms. The SMILES string of the molecule is CCC1=C2C(=O)CC3=C4N=C(C=C5N=C(C=C6N=C(C=C1N=C32)C(CC(C)C)=C6C)C([C@H](C)O)=C5C)[C@@H](C)[C@@H]4CCC(=O)OC. The summed E-state index contributed by atoms with van der Waals surface area (Å²) in [5.74, 6) is 0.0798. The number of fused-ring (bicyclic) bond motifs is 4. The smallest absolute Gasteiger partial charge is 0.305 e. The molecule has 0 aromatic carbocycles. The molecule has 5 aliphatic heterocycles. The lowest BCUT2D eigenvalue weighted by atomic mass is 9.84. The lowest BCUT2D eigenvalue weighted by molar-refractivity contribution is -0.140. The Hall–Kier alpha value is -4.04. The van der Waals surface area contributed by atoms with Gasteiger partial charge in [0.1, 0.15) is 0 Å². The predicted octanol–water partition coefficient (Wildman–Crippen LogP) is 6.67. The van der Waals surface area contributed by atoms with Gasteiger partial charge in [-0.1, -0.05) is 27.7 Å². The summed E-state index contributed by atoms with van der Waals surface area (Å²) in [6.07, 6.45) is 7.86. The van der Waals surface area contributed by atoms with E-state index in [0.29, 0.717) is 35.8 Å². The number of aliphatic hydroxyl groups is 1. The normalized spacial score (nSPS) is 24.8. The van der Waals surface area contributed by atoms with Crippen LogP contribution < -0.4 is 0 Å². The number of aliphatic imine (C=N–C) groups is 4.